The Labute approximate surface area is 156 Å². The second-order valence-corrected chi connectivity index (χ2v) is 7.21. The molecule has 1 amide bonds. The number of hydrogen-bond donors (Lipinski definition) is 1. The molecule has 1 aromatic heterocycles. The normalized spacial score (nSPS) is 15.4. The summed E-state index contributed by atoms with van der Waals surface area (Å²) >= 11 is 0. The van der Waals surface area contributed by atoms with Crippen LogP contribution in [0.1, 0.15) is 36.7 Å². The molecule has 0 radical (unpaired) electrons. The van der Waals surface area contributed by atoms with Gasteiger partial charge in [0.05, 0.1) is 17.8 Å². The average molecular weight is 354 g/mol. The molecular formula is C21H30N4O. The van der Waals surface area contributed by atoms with Crippen LogP contribution in [-0.4, -0.2) is 46.8 Å². The fourth-order valence-electron chi connectivity index (χ4n) is 3.75. The minimum atomic E-state index is 0.228. The van der Waals surface area contributed by atoms with E-state index in [0.29, 0.717) is 12.3 Å². The maximum atomic E-state index is 12.8. The van der Waals surface area contributed by atoms with E-state index in [9.17, 15) is 4.79 Å². The van der Waals surface area contributed by atoms with Crippen LogP contribution in [0.25, 0.3) is 5.69 Å². The highest BCUT2D eigenvalue weighted by Gasteiger charge is 2.24. The summed E-state index contributed by atoms with van der Waals surface area (Å²) in [5.74, 6) is 0.925. The topological polar surface area (TPSA) is 50.2 Å². The highest BCUT2D eigenvalue weighted by Crippen LogP contribution is 2.21. The lowest BCUT2D eigenvalue weighted by Crippen LogP contribution is -2.41. The first-order chi connectivity index (χ1) is 12.6. The quantitative estimate of drug-likeness (QED) is 0.868. The molecule has 140 valence electrons. The number of carbonyl (C=O) groups is 1. The Morgan fingerprint density at radius 1 is 1.19 bits per heavy atom. The maximum absolute atomic E-state index is 12.8. The largest absolute Gasteiger partial charge is 0.342 e. The fraction of sp³-hybridized carbons (Fsp3) is 0.524. The van der Waals surface area contributed by atoms with Crippen molar-refractivity contribution in [2.45, 2.75) is 40.0 Å². The van der Waals surface area contributed by atoms with Crippen molar-refractivity contribution in [3.05, 3.63) is 47.3 Å². The third-order valence-electron chi connectivity index (χ3n) is 5.42. The van der Waals surface area contributed by atoms with E-state index in [1.807, 2.05) is 46.8 Å². The Morgan fingerprint density at radius 2 is 1.88 bits per heavy atom. The molecule has 5 nitrogen and oxygen atoms in total. The zero-order valence-corrected chi connectivity index (χ0v) is 16.2. The third kappa shape index (κ3) is 4.15. The number of para-hydroxylation sites is 1. The van der Waals surface area contributed by atoms with Gasteiger partial charge in [-0.3, -0.25) is 4.79 Å². The standard InChI is InChI=1S/C21H30N4O/c1-4-22-15-18-10-12-24(13-11-18)21(26)14-20-16(2)23-25(17(20)3)19-8-6-5-7-9-19/h5-9,18,22H,4,10-15H2,1-3H3. The van der Waals surface area contributed by atoms with Crippen LogP contribution in [0.3, 0.4) is 0 Å². The van der Waals surface area contributed by atoms with Crippen molar-refractivity contribution in [2.75, 3.05) is 26.2 Å². The minimum Gasteiger partial charge on any atom is -0.342 e. The Kier molecular flexibility index (Phi) is 6.09. The van der Waals surface area contributed by atoms with Gasteiger partial charge < -0.3 is 10.2 Å². The SMILES string of the molecule is CCNCC1CCN(C(=O)Cc2c(C)nn(-c3ccccc3)c2C)CC1. The smallest absolute Gasteiger partial charge is 0.227 e. The van der Waals surface area contributed by atoms with Crippen molar-refractivity contribution in [2.24, 2.45) is 5.92 Å². The molecule has 1 aliphatic heterocycles. The summed E-state index contributed by atoms with van der Waals surface area (Å²) in [5.41, 5.74) is 4.11. The summed E-state index contributed by atoms with van der Waals surface area (Å²) in [6, 6.07) is 10.1. The van der Waals surface area contributed by atoms with E-state index in [1.54, 1.807) is 0 Å². The number of nitrogens with one attached hydrogen (secondary N) is 1. The number of hydrogen-bond acceptors (Lipinski definition) is 3. The summed E-state index contributed by atoms with van der Waals surface area (Å²) in [4.78, 5) is 14.8. The van der Waals surface area contributed by atoms with Crippen molar-refractivity contribution in [3.8, 4) is 5.69 Å². The summed E-state index contributed by atoms with van der Waals surface area (Å²) in [6.45, 7) is 10.0. The molecule has 2 heterocycles. The van der Waals surface area contributed by atoms with Crippen LogP contribution in [-0.2, 0) is 11.2 Å². The third-order valence-corrected chi connectivity index (χ3v) is 5.42. The van der Waals surface area contributed by atoms with Crippen LogP contribution in [0.15, 0.2) is 30.3 Å². The van der Waals surface area contributed by atoms with Crippen LogP contribution in [0.4, 0.5) is 0 Å². The average Bonchev–Trinajstić information content (AvgIpc) is 2.95. The van der Waals surface area contributed by atoms with Crippen LogP contribution < -0.4 is 5.32 Å². The number of aryl methyl sites for hydroxylation is 1. The van der Waals surface area contributed by atoms with Gasteiger partial charge in [0, 0.05) is 24.3 Å². The predicted octanol–water partition coefficient (Wildman–Crippen LogP) is 2.88. The van der Waals surface area contributed by atoms with Crippen LogP contribution in [0, 0.1) is 19.8 Å². The Hall–Kier alpha value is -2.14. The van der Waals surface area contributed by atoms with Crippen LogP contribution in [0.5, 0.6) is 0 Å². The lowest BCUT2D eigenvalue weighted by atomic mass is 9.96. The van der Waals surface area contributed by atoms with Crippen molar-refractivity contribution in [1.82, 2.24) is 20.0 Å². The monoisotopic (exact) mass is 354 g/mol. The van der Waals surface area contributed by atoms with Gasteiger partial charge in [-0.15, -0.1) is 0 Å². The molecule has 0 bridgehead atoms. The Morgan fingerprint density at radius 3 is 2.54 bits per heavy atom. The lowest BCUT2D eigenvalue weighted by Gasteiger charge is -2.32. The van der Waals surface area contributed by atoms with Gasteiger partial charge in [-0.05, 0) is 57.8 Å². The van der Waals surface area contributed by atoms with Crippen LogP contribution >= 0.6 is 0 Å². The van der Waals surface area contributed by atoms with Gasteiger partial charge in [-0.2, -0.15) is 5.10 Å². The van der Waals surface area contributed by atoms with E-state index in [-0.39, 0.29) is 5.91 Å². The number of benzene rings is 1. The zero-order chi connectivity index (χ0) is 18.5. The van der Waals surface area contributed by atoms with Crippen LogP contribution in [0.2, 0.25) is 0 Å². The molecule has 0 spiro atoms. The van der Waals surface area contributed by atoms with Crippen molar-refractivity contribution in [3.63, 3.8) is 0 Å². The molecule has 0 saturated carbocycles. The first-order valence-electron chi connectivity index (χ1n) is 9.69. The summed E-state index contributed by atoms with van der Waals surface area (Å²) in [5, 5.41) is 8.08. The van der Waals surface area contributed by atoms with Gasteiger partial charge in [-0.25, -0.2) is 4.68 Å². The van der Waals surface area contributed by atoms with Crippen molar-refractivity contribution in [1.29, 1.82) is 0 Å². The highest BCUT2D eigenvalue weighted by atomic mass is 16.2. The van der Waals surface area contributed by atoms with Crippen molar-refractivity contribution < 1.29 is 4.79 Å². The molecular weight excluding hydrogens is 324 g/mol. The van der Waals surface area contributed by atoms with Gasteiger partial charge >= 0.3 is 0 Å². The Bertz CT molecular complexity index is 730. The number of carbonyl (C=O) groups excluding carboxylic acids is 1. The molecule has 2 aromatic rings. The molecule has 3 rings (SSSR count). The van der Waals surface area contributed by atoms with Gasteiger partial charge in [0.1, 0.15) is 0 Å². The summed E-state index contributed by atoms with van der Waals surface area (Å²) in [7, 11) is 0. The fourth-order valence-corrected chi connectivity index (χ4v) is 3.75. The van der Waals surface area contributed by atoms with E-state index in [0.717, 1.165) is 61.7 Å². The van der Waals surface area contributed by atoms with Gasteiger partial charge in [-0.1, -0.05) is 25.1 Å². The molecule has 26 heavy (non-hydrogen) atoms. The first-order valence-corrected chi connectivity index (χ1v) is 9.69. The maximum Gasteiger partial charge on any atom is 0.227 e. The lowest BCUT2D eigenvalue weighted by molar-refractivity contribution is -0.131. The van der Waals surface area contributed by atoms with Gasteiger partial charge in [0.15, 0.2) is 0 Å². The molecule has 0 aliphatic carbocycles. The summed E-state index contributed by atoms with van der Waals surface area (Å²) in [6.07, 6.45) is 2.64. The van der Waals surface area contributed by atoms with E-state index in [1.165, 1.54) is 0 Å². The van der Waals surface area contributed by atoms with E-state index in [4.69, 9.17) is 0 Å². The second kappa shape index (κ2) is 8.49. The van der Waals surface area contributed by atoms with Crippen molar-refractivity contribution >= 4 is 5.91 Å². The number of aromatic nitrogens is 2. The molecule has 1 aromatic carbocycles. The number of piperidine rings is 1. The molecule has 1 N–H and O–H groups in total. The van der Waals surface area contributed by atoms with E-state index >= 15 is 0 Å². The summed E-state index contributed by atoms with van der Waals surface area (Å²) < 4.78 is 1.95. The number of amides is 1. The first kappa shape index (κ1) is 18.6. The second-order valence-electron chi connectivity index (χ2n) is 7.21. The molecule has 1 aliphatic rings. The molecule has 1 fully saturated rings. The molecule has 5 heteroatoms. The zero-order valence-electron chi connectivity index (χ0n) is 16.2. The van der Waals surface area contributed by atoms with E-state index < -0.39 is 0 Å². The number of likely N-dealkylation sites (tertiary alicyclic amines) is 1. The highest BCUT2D eigenvalue weighted by molar-refractivity contribution is 5.79. The minimum absolute atomic E-state index is 0.228. The van der Waals surface area contributed by atoms with Gasteiger partial charge in [0.25, 0.3) is 0 Å². The van der Waals surface area contributed by atoms with E-state index in [2.05, 4.69) is 24.3 Å². The van der Waals surface area contributed by atoms with Gasteiger partial charge in [0.2, 0.25) is 5.91 Å². The molecule has 0 atom stereocenters. The molecule has 1 saturated heterocycles. The number of rotatable bonds is 6. The number of nitrogens with zero attached hydrogens (tertiary/aromatic N) is 3. The Balaban J connectivity index is 1.64. The predicted molar refractivity (Wildman–Crippen MR) is 105 cm³/mol. The molecule has 0 unspecified atom stereocenters.